The molecule has 0 atom stereocenters. The van der Waals surface area contributed by atoms with Gasteiger partial charge in [-0.2, -0.15) is 5.26 Å². The van der Waals surface area contributed by atoms with Crippen LogP contribution in [0.4, 0.5) is 0 Å². The molecule has 8 heteroatoms. The van der Waals surface area contributed by atoms with E-state index in [-0.39, 0.29) is 22.0 Å². The average Bonchev–Trinajstić information content (AvgIpc) is 2.82. The molecule has 1 aromatic heterocycles. The molecule has 20 heavy (non-hydrogen) atoms. The lowest BCUT2D eigenvalue weighted by Gasteiger charge is -2.08. The number of sulfonamides is 1. The second-order valence-electron chi connectivity index (χ2n) is 4.04. The quantitative estimate of drug-likeness (QED) is 0.925. The van der Waals surface area contributed by atoms with Gasteiger partial charge in [0.1, 0.15) is 10.7 Å². The number of benzene rings is 1. The topological polar surface area (TPSA) is 87.8 Å². The SMILES string of the molecule is Cn1ccnc1CNS(=O)(=O)c1cc(C#N)ccc1Cl. The molecule has 0 saturated heterocycles. The molecule has 0 aliphatic carbocycles. The number of aromatic nitrogens is 2. The summed E-state index contributed by atoms with van der Waals surface area (Å²) in [4.78, 5) is 3.90. The van der Waals surface area contributed by atoms with Gasteiger partial charge in [-0.3, -0.25) is 0 Å². The molecule has 0 amide bonds. The lowest BCUT2D eigenvalue weighted by molar-refractivity contribution is 0.577. The van der Waals surface area contributed by atoms with E-state index >= 15 is 0 Å². The zero-order valence-electron chi connectivity index (χ0n) is 10.5. The fraction of sp³-hybridized carbons (Fsp3) is 0.167. The molecule has 1 heterocycles. The third-order valence-corrected chi connectivity index (χ3v) is 4.57. The molecular weight excluding hydrogens is 300 g/mol. The Kier molecular flexibility index (Phi) is 4.09. The molecule has 2 rings (SSSR count). The zero-order chi connectivity index (χ0) is 14.8. The van der Waals surface area contributed by atoms with Crippen LogP contribution < -0.4 is 4.72 Å². The van der Waals surface area contributed by atoms with Crippen molar-refractivity contribution in [2.75, 3.05) is 0 Å². The largest absolute Gasteiger partial charge is 0.337 e. The highest BCUT2D eigenvalue weighted by atomic mass is 35.5. The smallest absolute Gasteiger partial charge is 0.242 e. The summed E-state index contributed by atoms with van der Waals surface area (Å²) in [6, 6.07) is 5.96. The van der Waals surface area contributed by atoms with E-state index in [1.807, 2.05) is 6.07 Å². The number of nitrogens with one attached hydrogen (secondary N) is 1. The molecule has 0 fully saturated rings. The Morgan fingerprint density at radius 3 is 2.85 bits per heavy atom. The van der Waals surface area contributed by atoms with Crippen molar-refractivity contribution in [2.24, 2.45) is 7.05 Å². The third kappa shape index (κ3) is 2.99. The molecule has 6 nitrogen and oxygen atoms in total. The molecule has 0 aliphatic heterocycles. The monoisotopic (exact) mass is 310 g/mol. The summed E-state index contributed by atoms with van der Waals surface area (Å²) >= 11 is 5.88. The first-order valence-corrected chi connectivity index (χ1v) is 7.45. The van der Waals surface area contributed by atoms with Crippen LogP contribution in [-0.4, -0.2) is 18.0 Å². The predicted octanol–water partition coefficient (Wildman–Crippen LogP) is 1.42. The Balaban J connectivity index is 2.27. The molecule has 1 N–H and O–H groups in total. The van der Waals surface area contributed by atoms with Crippen LogP contribution in [0.5, 0.6) is 0 Å². The maximum absolute atomic E-state index is 12.2. The van der Waals surface area contributed by atoms with Crippen LogP contribution in [0.3, 0.4) is 0 Å². The van der Waals surface area contributed by atoms with Gasteiger partial charge in [0.25, 0.3) is 0 Å². The standard InChI is InChI=1S/C12H11ClN4O2S/c1-17-5-4-15-12(17)8-16-20(18,19)11-6-9(7-14)2-3-10(11)13/h2-6,16H,8H2,1H3. The number of rotatable bonds is 4. The Labute approximate surface area is 121 Å². The molecule has 0 unspecified atom stereocenters. The highest BCUT2D eigenvalue weighted by Gasteiger charge is 2.19. The van der Waals surface area contributed by atoms with Crippen LogP contribution >= 0.6 is 11.6 Å². The molecule has 0 aliphatic rings. The lowest BCUT2D eigenvalue weighted by Crippen LogP contribution is -2.25. The van der Waals surface area contributed by atoms with E-state index in [0.29, 0.717) is 5.82 Å². The number of nitrogens with zero attached hydrogens (tertiary/aromatic N) is 3. The molecule has 0 bridgehead atoms. The Morgan fingerprint density at radius 2 is 2.25 bits per heavy atom. The van der Waals surface area contributed by atoms with Crippen molar-refractivity contribution in [3.05, 3.63) is 47.0 Å². The van der Waals surface area contributed by atoms with Crippen molar-refractivity contribution < 1.29 is 8.42 Å². The minimum absolute atomic E-state index is 0.0406. The third-order valence-electron chi connectivity index (χ3n) is 2.69. The van der Waals surface area contributed by atoms with Crippen LogP contribution in [0.25, 0.3) is 0 Å². The van der Waals surface area contributed by atoms with Crippen molar-refractivity contribution in [1.29, 1.82) is 5.26 Å². The number of hydrogen-bond acceptors (Lipinski definition) is 4. The van der Waals surface area contributed by atoms with Crippen LogP contribution in [0.2, 0.25) is 5.02 Å². The van der Waals surface area contributed by atoms with Gasteiger partial charge >= 0.3 is 0 Å². The summed E-state index contributed by atoms with van der Waals surface area (Å²) in [7, 11) is -2.04. The van der Waals surface area contributed by atoms with Gasteiger partial charge in [-0.25, -0.2) is 18.1 Å². The van der Waals surface area contributed by atoms with Crippen molar-refractivity contribution in [3.8, 4) is 6.07 Å². The Hall–Kier alpha value is -1.88. The van der Waals surface area contributed by atoms with Gasteiger partial charge in [0.15, 0.2) is 0 Å². The summed E-state index contributed by atoms with van der Waals surface area (Å²) in [5, 5.41) is 8.88. The van der Waals surface area contributed by atoms with Gasteiger partial charge in [-0.15, -0.1) is 0 Å². The fourth-order valence-electron chi connectivity index (χ4n) is 1.58. The molecule has 104 valence electrons. The van der Waals surface area contributed by atoms with E-state index in [1.165, 1.54) is 18.2 Å². The molecule has 0 saturated carbocycles. The summed E-state index contributed by atoms with van der Waals surface area (Å²) in [6.45, 7) is 0.0406. The van der Waals surface area contributed by atoms with Crippen LogP contribution in [0.1, 0.15) is 11.4 Å². The van der Waals surface area contributed by atoms with E-state index in [1.54, 1.807) is 24.0 Å². The molecule has 0 radical (unpaired) electrons. The minimum atomic E-state index is -3.80. The van der Waals surface area contributed by atoms with Gasteiger partial charge in [-0.1, -0.05) is 11.6 Å². The van der Waals surface area contributed by atoms with Gasteiger partial charge in [0, 0.05) is 19.4 Å². The average molecular weight is 311 g/mol. The first-order chi connectivity index (χ1) is 9.44. The van der Waals surface area contributed by atoms with E-state index < -0.39 is 10.0 Å². The lowest BCUT2D eigenvalue weighted by atomic mass is 10.2. The summed E-state index contributed by atoms with van der Waals surface area (Å²) in [5.41, 5.74) is 0.228. The van der Waals surface area contributed by atoms with Crippen molar-refractivity contribution in [1.82, 2.24) is 14.3 Å². The van der Waals surface area contributed by atoms with Crippen LogP contribution in [-0.2, 0) is 23.6 Å². The number of halogens is 1. The first kappa shape index (κ1) is 14.5. The summed E-state index contributed by atoms with van der Waals surface area (Å²) in [6.07, 6.45) is 3.29. The maximum atomic E-state index is 12.2. The Bertz CT molecular complexity index is 777. The zero-order valence-corrected chi connectivity index (χ0v) is 12.1. The van der Waals surface area contributed by atoms with Crippen LogP contribution in [0, 0.1) is 11.3 Å². The van der Waals surface area contributed by atoms with E-state index in [9.17, 15) is 8.42 Å². The number of aryl methyl sites for hydroxylation is 1. The second kappa shape index (κ2) is 5.63. The number of hydrogen-bond donors (Lipinski definition) is 1. The molecule has 0 spiro atoms. The second-order valence-corrected chi connectivity index (χ2v) is 6.18. The van der Waals surface area contributed by atoms with E-state index in [4.69, 9.17) is 16.9 Å². The summed E-state index contributed by atoms with van der Waals surface area (Å²) in [5.74, 6) is 0.570. The predicted molar refractivity (Wildman–Crippen MR) is 73.4 cm³/mol. The maximum Gasteiger partial charge on any atom is 0.242 e. The van der Waals surface area contributed by atoms with E-state index in [2.05, 4.69) is 9.71 Å². The van der Waals surface area contributed by atoms with Gasteiger partial charge in [0.2, 0.25) is 10.0 Å². The fourth-order valence-corrected chi connectivity index (χ4v) is 3.09. The molecule has 2 aromatic rings. The normalized spacial score (nSPS) is 11.2. The number of imidazole rings is 1. The van der Waals surface area contributed by atoms with Crippen molar-refractivity contribution in [2.45, 2.75) is 11.4 Å². The molecular formula is C12H11ClN4O2S. The first-order valence-electron chi connectivity index (χ1n) is 5.59. The van der Waals surface area contributed by atoms with Crippen LogP contribution in [0.15, 0.2) is 35.5 Å². The molecule has 1 aromatic carbocycles. The Morgan fingerprint density at radius 1 is 1.50 bits per heavy atom. The van der Waals surface area contributed by atoms with Gasteiger partial charge in [-0.05, 0) is 18.2 Å². The highest BCUT2D eigenvalue weighted by Crippen LogP contribution is 2.22. The number of nitriles is 1. The summed E-state index contributed by atoms with van der Waals surface area (Å²) < 4.78 is 28.5. The van der Waals surface area contributed by atoms with Crippen molar-refractivity contribution >= 4 is 21.6 Å². The van der Waals surface area contributed by atoms with Gasteiger partial charge < -0.3 is 4.57 Å². The van der Waals surface area contributed by atoms with Crippen molar-refractivity contribution in [3.63, 3.8) is 0 Å². The van der Waals surface area contributed by atoms with Gasteiger partial charge in [0.05, 0.1) is 23.2 Å². The van der Waals surface area contributed by atoms with E-state index in [0.717, 1.165) is 0 Å². The minimum Gasteiger partial charge on any atom is -0.337 e. The highest BCUT2D eigenvalue weighted by molar-refractivity contribution is 7.89.